The van der Waals surface area contributed by atoms with E-state index in [9.17, 15) is 4.79 Å². The average Bonchev–Trinajstić information content (AvgIpc) is 2.28. The van der Waals surface area contributed by atoms with Gasteiger partial charge in [-0.25, -0.2) is 0 Å². The van der Waals surface area contributed by atoms with Gasteiger partial charge in [0.25, 0.3) is 0 Å². The van der Waals surface area contributed by atoms with E-state index in [2.05, 4.69) is 10.6 Å². The molecule has 0 radical (unpaired) electrons. The van der Waals surface area contributed by atoms with Gasteiger partial charge >= 0.3 is 0 Å². The zero-order chi connectivity index (χ0) is 11.8. The Morgan fingerprint density at radius 1 is 1.62 bits per heavy atom. The van der Waals surface area contributed by atoms with E-state index in [4.69, 9.17) is 4.74 Å². The maximum atomic E-state index is 11.6. The van der Waals surface area contributed by atoms with Gasteiger partial charge in [-0.15, -0.1) is 0 Å². The maximum absolute atomic E-state index is 11.6. The van der Waals surface area contributed by atoms with Crippen LogP contribution in [0.4, 0.5) is 0 Å². The van der Waals surface area contributed by atoms with Crippen molar-refractivity contribution in [2.75, 3.05) is 26.8 Å². The summed E-state index contributed by atoms with van der Waals surface area (Å²) in [6.07, 6.45) is 4.14. The molecule has 1 amide bonds. The molecule has 2 atom stereocenters. The minimum Gasteiger partial charge on any atom is -0.383 e. The quantitative estimate of drug-likeness (QED) is 0.710. The van der Waals surface area contributed by atoms with Crippen molar-refractivity contribution in [3.8, 4) is 0 Å². The van der Waals surface area contributed by atoms with Gasteiger partial charge in [0.05, 0.1) is 6.61 Å². The van der Waals surface area contributed by atoms with Crippen LogP contribution in [0.2, 0.25) is 0 Å². The summed E-state index contributed by atoms with van der Waals surface area (Å²) in [6, 6.07) is 0.113. The number of methoxy groups -OCH3 is 1. The second kappa shape index (κ2) is 7.63. The molecule has 4 heteroatoms. The van der Waals surface area contributed by atoms with Crippen LogP contribution in [0.1, 0.15) is 32.6 Å². The topological polar surface area (TPSA) is 50.4 Å². The SMILES string of the molecule is COCC(C)NC(=O)CCC1CCCNC1. The number of amides is 1. The Bertz CT molecular complexity index is 203. The molecule has 94 valence electrons. The molecule has 2 N–H and O–H groups in total. The van der Waals surface area contributed by atoms with Crippen molar-refractivity contribution in [3.05, 3.63) is 0 Å². The number of carbonyl (C=O) groups excluding carboxylic acids is 1. The molecule has 0 spiro atoms. The van der Waals surface area contributed by atoms with Gasteiger partial charge in [-0.3, -0.25) is 4.79 Å². The summed E-state index contributed by atoms with van der Waals surface area (Å²) in [5.41, 5.74) is 0. The van der Waals surface area contributed by atoms with Gasteiger partial charge in [0.15, 0.2) is 0 Å². The molecule has 1 aliphatic rings. The summed E-state index contributed by atoms with van der Waals surface area (Å²) in [4.78, 5) is 11.6. The second-order valence-corrected chi connectivity index (χ2v) is 4.67. The van der Waals surface area contributed by atoms with Crippen LogP contribution in [-0.4, -0.2) is 38.8 Å². The van der Waals surface area contributed by atoms with Crippen LogP contribution in [0.15, 0.2) is 0 Å². The Morgan fingerprint density at radius 3 is 3.06 bits per heavy atom. The molecule has 0 bridgehead atoms. The first kappa shape index (κ1) is 13.5. The third-order valence-electron chi connectivity index (χ3n) is 3.00. The van der Waals surface area contributed by atoms with Crippen LogP contribution in [0.25, 0.3) is 0 Å². The van der Waals surface area contributed by atoms with Crippen LogP contribution < -0.4 is 10.6 Å². The van der Waals surface area contributed by atoms with Gasteiger partial charge in [0.1, 0.15) is 0 Å². The molecule has 1 heterocycles. The third-order valence-corrected chi connectivity index (χ3v) is 3.00. The summed E-state index contributed by atoms with van der Waals surface area (Å²) in [7, 11) is 1.65. The van der Waals surface area contributed by atoms with Gasteiger partial charge in [-0.05, 0) is 45.2 Å². The standard InChI is InChI=1S/C12H24N2O2/c1-10(9-16-2)14-12(15)6-5-11-4-3-7-13-8-11/h10-11,13H,3-9H2,1-2H3,(H,14,15). The lowest BCUT2D eigenvalue weighted by atomic mass is 9.94. The average molecular weight is 228 g/mol. The molecule has 1 fully saturated rings. The number of piperidine rings is 1. The van der Waals surface area contributed by atoms with Crippen LogP contribution >= 0.6 is 0 Å². The highest BCUT2D eigenvalue weighted by Crippen LogP contribution is 2.15. The molecule has 0 aromatic rings. The fraction of sp³-hybridized carbons (Fsp3) is 0.917. The van der Waals surface area contributed by atoms with Gasteiger partial charge in [0.2, 0.25) is 5.91 Å². The first-order chi connectivity index (χ1) is 7.72. The molecule has 1 saturated heterocycles. The van der Waals surface area contributed by atoms with Crippen molar-refractivity contribution in [2.45, 2.75) is 38.6 Å². The van der Waals surface area contributed by atoms with Crippen molar-refractivity contribution in [1.29, 1.82) is 0 Å². The van der Waals surface area contributed by atoms with Crippen LogP contribution in [-0.2, 0) is 9.53 Å². The van der Waals surface area contributed by atoms with E-state index in [0.29, 0.717) is 18.9 Å². The van der Waals surface area contributed by atoms with E-state index >= 15 is 0 Å². The zero-order valence-corrected chi connectivity index (χ0v) is 10.4. The number of hydrogen-bond acceptors (Lipinski definition) is 3. The monoisotopic (exact) mass is 228 g/mol. The lowest BCUT2D eigenvalue weighted by Gasteiger charge is -2.22. The van der Waals surface area contributed by atoms with Gasteiger partial charge in [-0.1, -0.05) is 0 Å². The summed E-state index contributed by atoms with van der Waals surface area (Å²) in [6.45, 7) is 4.74. The van der Waals surface area contributed by atoms with Crippen LogP contribution in [0.3, 0.4) is 0 Å². The normalized spacial score (nSPS) is 22.8. The molecule has 1 rings (SSSR count). The first-order valence-electron chi connectivity index (χ1n) is 6.21. The van der Waals surface area contributed by atoms with Crippen LogP contribution in [0, 0.1) is 5.92 Å². The molecule has 0 saturated carbocycles. The summed E-state index contributed by atoms with van der Waals surface area (Å²) < 4.78 is 4.97. The van der Waals surface area contributed by atoms with E-state index < -0.39 is 0 Å². The van der Waals surface area contributed by atoms with E-state index in [0.717, 1.165) is 19.5 Å². The lowest BCUT2D eigenvalue weighted by molar-refractivity contribution is -0.122. The Kier molecular flexibility index (Phi) is 6.42. The van der Waals surface area contributed by atoms with Crippen molar-refractivity contribution in [2.24, 2.45) is 5.92 Å². The van der Waals surface area contributed by atoms with E-state index in [1.54, 1.807) is 7.11 Å². The molecular weight excluding hydrogens is 204 g/mol. The molecule has 4 nitrogen and oxygen atoms in total. The highest BCUT2D eigenvalue weighted by Gasteiger charge is 2.15. The molecule has 1 aliphatic heterocycles. The summed E-state index contributed by atoms with van der Waals surface area (Å²) >= 11 is 0. The summed E-state index contributed by atoms with van der Waals surface area (Å²) in [5, 5.41) is 6.30. The van der Waals surface area contributed by atoms with Gasteiger partial charge in [-0.2, -0.15) is 0 Å². The first-order valence-corrected chi connectivity index (χ1v) is 6.21. The van der Waals surface area contributed by atoms with Gasteiger partial charge < -0.3 is 15.4 Å². The van der Waals surface area contributed by atoms with Crippen LogP contribution in [0.5, 0.6) is 0 Å². The van der Waals surface area contributed by atoms with E-state index in [-0.39, 0.29) is 11.9 Å². The zero-order valence-electron chi connectivity index (χ0n) is 10.4. The molecule has 0 aliphatic carbocycles. The van der Waals surface area contributed by atoms with Crippen molar-refractivity contribution in [3.63, 3.8) is 0 Å². The largest absolute Gasteiger partial charge is 0.383 e. The Morgan fingerprint density at radius 2 is 2.44 bits per heavy atom. The highest BCUT2D eigenvalue weighted by atomic mass is 16.5. The molecule has 2 unspecified atom stereocenters. The smallest absolute Gasteiger partial charge is 0.220 e. The predicted octanol–water partition coefficient (Wildman–Crippen LogP) is 0.917. The van der Waals surface area contributed by atoms with Crippen molar-refractivity contribution >= 4 is 5.91 Å². The predicted molar refractivity (Wildman–Crippen MR) is 64.3 cm³/mol. The Labute approximate surface area is 98.1 Å². The summed E-state index contributed by atoms with van der Waals surface area (Å²) in [5.74, 6) is 0.826. The third kappa shape index (κ3) is 5.47. The van der Waals surface area contributed by atoms with E-state index in [1.165, 1.54) is 12.8 Å². The Hall–Kier alpha value is -0.610. The van der Waals surface area contributed by atoms with Crippen molar-refractivity contribution in [1.82, 2.24) is 10.6 Å². The highest BCUT2D eigenvalue weighted by molar-refractivity contribution is 5.76. The lowest BCUT2D eigenvalue weighted by Crippen LogP contribution is -2.36. The fourth-order valence-electron chi connectivity index (χ4n) is 2.14. The number of hydrogen-bond donors (Lipinski definition) is 2. The minimum absolute atomic E-state index is 0.113. The number of ether oxygens (including phenoxy) is 1. The molecule has 0 aromatic heterocycles. The number of nitrogens with one attached hydrogen (secondary N) is 2. The van der Waals surface area contributed by atoms with Gasteiger partial charge in [0, 0.05) is 19.6 Å². The Balaban J connectivity index is 2.09. The minimum atomic E-state index is 0.113. The molecular formula is C12H24N2O2. The maximum Gasteiger partial charge on any atom is 0.220 e. The van der Waals surface area contributed by atoms with E-state index in [1.807, 2.05) is 6.92 Å². The van der Waals surface area contributed by atoms with Crippen molar-refractivity contribution < 1.29 is 9.53 Å². The second-order valence-electron chi connectivity index (χ2n) is 4.67. The number of rotatable bonds is 6. The fourth-order valence-corrected chi connectivity index (χ4v) is 2.14. The number of carbonyl (C=O) groups is 1. The molecule has 0 aromatic carbocycles. The molecule has 16 heavy (non-hydrogen) atoms.